The van der Waals surface area contributed by atoms with Crippen LogP contribution in [0.3, 0.4) is 0 Å². The predicted molar refractivity (Wildman–Crippen MR) is 101 cm³/mol. The van der Waals surface area contributed by atoms with Gasteiger partial charge in [0, 0.05) is 39.5 Å². The lowest BCUT2D eigenvalue weighted by molar-refractivity contribution is -0.00545. The first-order chi connectivity index (χ1) is 12.1. The molecule has 0 aliphatic carbocycles. The molecule has 0 amide bonds. The zero-order valence-electron chi connectivity index (χ0n) is 15.8. The monoisotopic (exact) mass is 349 g/mol. The van der Waals surface area contributed by atoms with Crippen molar-refractivity contribution in [3.8, 4) is 0 Å². The standard InChI is InChI=1S/C18H31N5O2/c1-5-19-18(20-8-9-24-4)22-11-16-6-7-17(21-10-16)23-12-14(2)25-15(3)13-23/h6-7,10,14-15H,5,8-9,11-13H2,1-4H3,(H2,19,20,22). The first-order valence-corrected chi connectivity index (χ1v) is 8.98. The Kier molecular flexibility index (Phi) is 7.94. The summed E-state index contributed by atoms with van der Waals surface area (Å²) in [6.45, 7) is 10.8. The van der Waals surface area contributed by atoms with Crippen LogP contribution in [-0.4, -0.2) is 63.0 Å². The van der Waals surface area contributed by atoms with Crippen molar-refractivity contribution >= 4 is 11.8 Å². The molecule has 0 bridgehead atoms. The third-order valence-electron chi connectivity index (χ3n) is 3.92. The molecule has 25 heavy (non-hydrogen) atoms. The topological polar surface area (TPSA) is 71.0 Å². The second kappa shape index (κ2) is 10.2. The number of aromatic nitrogens is 1. The molecule has 0 saturated carbocycles. The van der Waals surface area contributed by atoms with Crippen molar-refractivity contribution < 1.29 is 9.47 Å². The maximum Gasteiger partial charge on any atom is 0.191 e. The van der Waals surface area contributed by atoms with Crippen molar-refractivity contribution in [1.82, 2.24) is 15.6 Å². The van der Waals surface area contributed by atoms with Crippen LogP contribution in [0.5, 0.6) is 0 Å². The van der Waals surface area contributed by atoms with Gasteiger partial charge in [0.2, 0.25) is 0 Å². The van der Waals surface area contributed by atoms with Crippen molar-refractivity contribution in [2.24, 2.45) is 4.99 Å². The highest BCUT2D eigenvalue weighted by Gasteiger charge is 2.22. The second-order valence-electron chi connectivity index (χ2n) is 6.30. The molecule has 0 spiro atoms. The fraction of sp³-hybridized carbons (Fsp3) is 0.667. The summed E-state index contributed by atoms with van der Waals surface area (Å²) in [6, 6.07) is 4.16. The van der Waals surface area contributed by atoms with Crippen molar-refractivity contribution in [3.63, 3.8) is 0 Å². The molecule has 140 valence electrons. The van der Waals surface area contributed by atoms with Crippen LogP contribution < -0.4 is 15.5 Å². The Labute approximate surface area is 150 Å². The van der Waals surface area contributed by atoms with Gasteiger partial charge in [-0.1, -0.05) is 6.07 Å². The Hall–Kier alpha value is -1.86. The molecule has 0 radical (unpaired) electrons. The Morgan fingerprint density at radius 1 is 1.32 bits per heavy atom. The van der Waals surface area contributed by atoms with Gasteiger partial charge >= 0.3 is 0 Å². The second-order valence-corrected chi connectivity index (χ2v) is 6.30. The summed E-state index contributed by atoms with van der Waals surface area (Å²) in [5.41, 5.74) is 1.09. The Balaban J connectivity index is 1.93. The third kappa shape index (κ3) is 6.51. The Morgan fingerprint density at radius 3 is 2.68 bits per heavy atom. The van der Waals surface area contributed by atoms with Gasteiger partial charge in [-0.3, -0.25) is 0 Å². The van der Waals surface area contributed by atoms with Crippen LogP contribution in [-0.2, 0) is 16.0 Å². The minimum absolute atomic E-state index is 0.232. The van der Waals surface area contributed by atoms with E-state index in [-0.39, 0.29) is 12.2 Å². The highest BCUT2D eigenvalue weighted by atomic mass is 16.5. The summed E-state index contributed by atoms with van der Waals surface area (Å²) in [6.07, 6.45) is 2.37. The van der Waals surface area contributed by atoms with Gasteiger partial charge in [-0.25, -0.2) is 9.98 Å². The van der Waals surface area contributed by atoms with E-state index in [1.54, 1.807) is 7.11 Å². The van der Waals surface area contributed by atoms with E-state index in [1.165, 1.54) is 0 Å². The minimum atomic E-state index is 0.232. The quantitative estimate of drug-likeness (QED) is 0.440. The predicted octanol–water partition coefficient (Wildman–Crippen LogP) is 1.40. The van der Waals surface area contributed by atoms with Gasteiger partial charge in [0.05, 0.1) is 25.4 Å². The van der Waals surface area contributed by atoms with Crippen LogP contribution in [0.4, 0.5) is 5.82 Å². The van der Waals surface area contributed by atoms with E-state index in [0.29, 0.717) is 13.2 Å². The molecule has 1 aromatic heterocycles. The molecule has 7 heteroatoms. The van der Waals surface area contributed by atoms with Gasteiger partial charge in [-0.05, 0) is 32.4 Å². The molecule has 2 unspecified atom stereocenters. The molecular weight excluding hydrogens is 318 g/mol. The molecule has 7 nitrogen and oxygen atoms in total. The SMILES string of the molecule is CCNC(=NCc1ccc(N2CC(C)OC(C)C2)nc1)NCCOC. The first-order valence-electron chi connectivity index (χ1n) is 8.98. The van der Waals surface area contributed by atoms with Gasteiger partial charge in [0.15, 0.2) is 5.96 Å². The number of morpholine rings is 1. The Morgan fingerprint density at radius 2 is 2.08 bits per heavy atom. The first kappa shape index (κ1) is 19.5. The summed E-state index contributed by atoms with van der Waals surface area (Å²) >= 11 is 0. The number of nitrogens with zero attached hydrogens (tertiary/aromatic N) is 3. The van der Waals surface area contributed by atoms with Crippen LogP contribution in [0.15, 0.2) is 23.3 Å². The molecular formula is C18H31N5O2. The lowest BCUT2D eigenvalue weighted by Gasteiger charge is -2.36. The minimum Gasteiger partial charge on any atom is -0.383 e. The summed E-state index contributed by atoms with van der Waals surface area (Å²) in [5.74, 6) is 1.79. The van der Waals surface area contributed by atoms with E-state index in [4.69, 9.17) is 9.47 Å². The van der Waals surface area contributed by atoms with Crippen molar-refractivity contribution in [2.75, 3.05) is 44.8 Å². The highest BCUT2D eigenvalue weighted by molar-refractivity contribution is 5.79. The van der Waals surface area contributed by atoms with Crippen LogP contribution >= 0.6 is 0 Å². The molecule has 2 rings (SSSR count). The number of hydrogen-bond donors (Lipinski definition) is 2. The molecule has 1 saturated heterocycles. The normalized spacial score (nSPS) is 21.3. The number of nitrogens with one attached hydrogen (secondary N) is 2. The van der Waals surface area contributed by atoms with Crippen molar-refractivity contribution in [3.05, 3.63) is 23.9 Å². The van der Waals surface area contributed by atoms with Gasteiger partial charge < -0.3 is 25.0 Å². The van der Waals surface area contributed by atoms with Crippen molar-refractivity contribution in [1.29, 1.82) is 0 Å². The van der Waals surface area contributed by atoms with E-state index < -0.39 is 0 Å². The number of hydrogen-bond acceptors (Lipinski definition) is 5. The van der Waals surface area contributed by atoms with Gasteiger partial charge in [-0.15, -0.1) is 0 Å². The van der Waals surface area contributed by atoms with Crippen LogP contribution in [0.2, 0.25) is 0 Å². The average Bonchev–Trinajstić information content (AvgIpc) is 2.59. The zero-order chi connectivity index (χ0) is 18.1. The molecule has 2 heterocycles. The van der Waals surface area contributed by atoms with Crippen molar-refractivity contribution in [2.45, 2.75) is 39.5 Å². The molecule has 0 aromatic carbocycles. The molecule has 1 aliphatic rings. The summed E-state index contributed by atoms with van der Waals surface area (Å²) in [4.78, 5) is 11.5. The van der Waals surface area contributed by atoms with E-state index in [2.05, 4.69) is 51.5 Å². The number of pyridine rings is 1. The van der Waals surface area contributed by atoms with Crippen LogP contribution in [0.25, 0.3) is 0 Å². The number of rotatable bonds is 7. The maximum absolute atomic E-state index is 5.78. The lowest BCUT2D eigenvalue weighted by atomic mass is 10.2. The van der Waals surface area contributed by atoms with E-state index in [1.807, 2.05) is 13.1 Å². The summed E-state index contributed by atoms with van der Waals surface area (Å²) < 4.78 is 10.8. The summed E-state index contributed by atoms with van der Waals surface area (Å²) in [5, 5.41) is 6.46. The summed E-state index contributed by atoms with van der Waals surface area (Å²) in [7, 11) is 1.69. The smallest absolute Gasteiger partial charge is 0.191 e. The molecule has 2 N–H and O–H groups in total. The van der Waals surface area contributed by atoms with Gasteiger partial charge in [0.25, 0.3) is 0 Å². The molecule has 1 aliphatic heterocycles. The number of methoxy groups -OCH3 is 1. The van der Waals surface area contributed by atoms with E-state index in [0.717, 1.165) is 43.5 Å². The molecule has 2 atom stereocenters. The number of guanidine groups is 1. The highest BCUT2D eigenvalue weighted by Crippen LogP contribution is 2.18. The Bertz CT molecular complexity index is 525. The fourth-order valence-electron chi connectivity index (χ4n) is 2.85. The molecule has 1 aromatic rings. The van der Waals surface area contributed by atoms with Gasteiger partial charge in [-0.2, -0.15) is 0 Å². The van der Waals surface area contributed by atoms with Crippen LogP contribution in [0.1, 0.15) is 26.3 Å². The van der Waals surface area contributed by atoms with E-state index >= 15 is 0 Å². The number of anilines is 1. The maximum atomic E-state index is 5.78. The fourth-order valence-corrected chi connectivity index (χ4v) is 2.85. The average molecular weight is 349 g/mol. The van der Waals surface area contributed by atoms with Gasteiger partial charge in [0.1, 0.15) is 5.82 Å². The number of aliphatic imine (C=N–C) groups is 1. The zero-order valence-corrected chi connectivity index (χ0v) is 15.8. The number of ether oxygens (including phenoxy) is 2. The largest absolute Gasteiger partial charge is 0.383 e. The van der Waals surface area contributed by atoms with Crippen LogP contribution in [0, 0.1) is 0 Å². The molecule has 1 fully saturated rings. The van der Waals surface area contributed by atoms with E-state index in [9.17, 15) is 0 Å². The third-order valence-corrected chi connectivity index (χ3v) is 3.92. The lowest BCUT2D eigenvalue weighted by Crippen LogP contribution is -2.45.